The molecule has 1 atom stereocenters. The number of nitrogens with zero attached hydrogens (tertiary/aromatic N) is 3. The van der Waals surface area contributed by atoms with E-state index in [-0.39, 0.29) is 19.7 Å². The smallest absolute Gasteiger partial charge is 0.328 e. The highest BCUT2D eigenvalue weighted by Crippen LogP contribution is 2.07. The number of hydrogen-bond acceptors (Lipinski definition) is 6. The molecule has 2 heterocycles. The molecule has 0 saturated carbocycles. The molecule has 0 radical (unpaired) electrons. The number of morpholine rings is 1. The van der Waals surface area contributed by atoms with Gasteiger partial charge in [0.1, 0.15) is 0 Å². The van der Waals surface area contributed by atoms with Crippen LogP contribution < -0.4 is 5.32 Å². The molecule has 9 nitrogen and oxygen atoms in total. The van der Waals surface area contributed by atoms with Crippen LogP contribution in [0.5, 0.6) is 0 Å². The Balaban J connectivity index is 1.92. The molecule has 1 aliphatic rings. The second-order valence-electron chi connectivity index (χ2n) is 4.01. The van der Waals surface area contributed by atoms with Crippen LogP contribution in [0.25, 0.3) is 0 Å². The van der Waals surface area contributed by atoms with Crippen LogP contribution in [0.2, 0.25) is 0 Å². The molecule has 1 unspecified atom stereocenters. The number of hydrogen-bond donors (Lipinski definition) is 2. The summed E-state index contributed by atoms with van der Waals surface area (Å²) in [4.78, 5) is 28.1. The molecule has 1 saturated heterocycles. The van der Waals surface area contributed by atoms with Crippen molar-refractivity contribution in [3.63, 3.8) is 0 Å². The van der Waals surface area contributed by atoms with Gasteiger partial charge in [-0.3, -0.25) is 0 Å². The number of aromatic nitrogens is 2. The Hall–Kier alpha value is -2.16. The van der Waals surface area contributed by atoms with Gasteiger partial charge >= 0.3 is 12.0 Å². The zero-order chi connectivity index (χ0) is 13.8. The maximum Gasteiger partial charge on any atom is 0.328 e. The summed E-state index contributed by atoms with van der Waals surface area (Å²) in [5, 5.41) is 15.2. The first-order chi connectivity index (χ1) is 9.08. The van der Waals surface area contributed by atoms with Gasteiger partial charge in [-0.25, -0.2) is 9.59 Å². The lowest BCUT2D eigenvalue weighted by Crippen LogP contribution is -2.55. The number of carbonyl (C=O) groups excluding carboxylic acids is 1. The van der Waals surface area contributed by atoms with Crippen LogP contribution >= 0.6 is 0 Å². The van der Waals surface area contributed by atoms with Crippen molar-refractivity contribution in [2.24, 2.45) is 0 Å². The Bertz CT molecular complexity index is 474. The van der Waals surface area contributed by atoms with E-state index in [2.05, 4.69) is 15.5 Å². The van der Waals surface area contributed by atoms with Crippen molar-refractivity contribution >= 4 is 12.0 Å². The van der Waals surface area contributed by atoms with E-state index in [1.807, 2.05) is 0 Å². The van der Waals surface area contributed by atoms with Crippen molar-refractivity contribution in [2.45, 2.75) is 19.5 Å². The molecule has 2 amide bonds. The van der Waals surface area contributed by atoms with Gasteiger partial charge in [0.2, 0.25) is 5.89 Å². The summed E-state index contributed by atoms with van der Waals surface area (Å²) < 4.78 is 9.81. The zero-order valence-electron chi connectivity index (χ0n) is 10.3. The Morgan fingerprint density at radius 2 is 2.37 bits per heavy atom. The average molecular weight is 270 g/mol. The summed E-state index contributed by atoms with van der Waals surface area (Å²) in [5.41, 5.74) is 0. The fraction of sp³-hybridized carbons (Fsp3) is 0.600. The number of carboxylic acids is 1. The number of urea groups is 1. The second-order valence-corrected chi connectivity index (χ2v) is 4.01. The van der Waals surface area contributed by atoms with Crippen molar-refractivity contribution in [1.29, 1.82) is 0 Å². The first-order valence-electron chi connectivity index (χ1n) is 5.72. The minimum absolute atomic E-state index is 0.00985. The Morgan fingerprint density at radius 1 is 1.58 bits per heavy atom. The van der Waals surface area contributed by atoms with Crippen LogP contribution in [-0.2, 0) is 16.1 Å². The summed E-state index contributed by atoms with van der Waals surface area (Å²) in [5.74, 6) is -0.352. The fourth-order valence-corrected chi connectivity index (χ4v) is 1.72. The van der Waals surface area contributed by atoms with Gasteiger partial charge in [-0.05, 0) is 0 Å². The van der Waals surface area contributed by atoms with Crippen LogP contribution in [-0.4, -0.2) is 57.9 Å². The molecule has 0 spiro atoms. The van der Waals surface area contributed by atoms with Gasteiger partial charge in [0, 0.05) is 13.5 Å². The van der Waals surface area contributed by atoms with Gasteiger partial charge in [0.05, 0.1) is 19.8 Å². The van der Waals surface area contributed by atoms with Crippen molar-refractivity contribution in [1.82, 2.24) is 20.4 Å². The fourth-order valence-electron chi connectivity index (χ4n) is 1.72. The average Bonchev–Trinajstić information content (AvgIpc) is 2.81. The molecule has 0 aromatic carbocycles. The highest BCUT2D eigenvalue weighted by molar-refractivity contribution is 5.82. The topological polar surface area (TPSA) is 118 Å². The zero-order valence-corrected chi connectivity index (χ0v) is 10.3. The first-order valence-corrected chi connectivity index (χ1v) is 5.72. The normalized spacial score (nSPS) is 19.2. The predicted octanol–water partition coefficient (Wildman–Crippen LogP) is -0.627. The molecule has 1 aromatic heterocycles. The van der Waals surface area contributed by atoms with E-state index in [1.165, 1.54) is 4.90 Å². The van der Waals surface area contributed by atoms with E-state index in [9.17, 15) is 9.59 Å². The van der Waals surface area contributed by atoms with E-state index < -0.39 is 18.0 Å². The molecule has 19 heavy (non-hydrogen) atoms. The number of aliphatic carboxylic acids is 1. The van der Waals surface area contributed by atoms with Crippen molar-refractivity contribution in [3.8, 4) is 0 Å². The Morgan fingerprint density at radius 3 is 3.00 bits per heavy atom. The van der Waals surface area contributed by atoms with E-state index in [0.717, 1.165) is 0 Å². The Kier molecular flexibility index (Phi) is 3.95. The number of amides is 2. The minimum Gasteiger partial charge on any atom is -0.480 e. The highest BCUT2D eigenvalue weighted by atomic mass is 16.5. The Labute approximate surface area is 108 Å². The van der Waals surface area contributed by atoms with Crippen LogP contribution in [0.15, 0.2) is 4.52 Å². The number of ether oxygens (including phenoxy) is 1. The molecular formula is C10H14N4O5. The number of aryl methyl sites for hydroxylation is 1. The van der Waals surface area contributed by atoms with Gasteiger partial charge in [0.15, 0.2) is 11.9 Å². The van der Waals surface area contributed by atoms with Crippen molar-refractivity contribution in [3.05, 3.63) is 11.7 Å². The summed E-state index contributed by atoms with van der Waals surface area (Å²) in [6.07, 6.45) is 0. The van der Waals surface area contributed by atoms with Crippen LogP contribution in [0, 0.1) is 6.92 Å². The number of carbonyl (C=O) groups is 2. The van der Waals surface area contributed by atoms with Crippen LogP contribution in [0.4, 0.5) is 4.79 Å². The molecule has 1 aliphatic heterocycles. The third-order valence-corrected chi connectivity index (χ3v) is 2.64. The van der Waals surface area contributed by atoms with Crippen molar-refractivity contribution < 1.29 is 24.0 Å². The van der Waals surface area contributed by atoms with E-state index in [1.54, 1.807) is 6.92 Å². The predicted molar refractivity (Wildman–Crippen MR) is 60.2 cm³/mol. The minimum atomic E-state index is -1.09. The second kappa shape index (κ2) is 5.65. The van der Waals surface area contributed by atoms with Gasteiger partial charge in [0.25, 0.3) is 0 Å². The summed E-state index contributed by atoms with van der Waals surface area (Å²) in [6.45, 7) is 2.26. The summed E-state index contributed by atoms with van der Waals surface area (Å²) in [6, 6.07) is -1.46. The molecule has 9 heteroatoms. The van der Waals surface area contributed by atoms with Crippen LogP contribution in [0.1, 0.15) is 11.7 Å². The lowest BCUT2D eigenvalue weighted by Gasteiger charge is -2.32. The van der Waals surface area contributed by atoms with E-state index in [0.29, 0.717) is 18.3 Å². The quantitative estimate of drug-likeness (QED) is 0.750. The van der Waals surface area contributed by atoms with Gasteiger partial charge in [-0.1, -0.05) is 5.16 Å². The SMILES string of the molecule is Cc1nc(CNC(=O)N2CCOCC2C(=O)O)no1. The molecule has 0 bridgehead atoms. The molecule has 104 valence electrons. The molecular weight excluding hydrogens is 256 g/mol. The van der Waals surface area contributed by atoms with Crippen molar-refractivity contribution in [2.75, 3.05) is 19.8 Å². The molecule has 1 fully saturated rings. The first kappa shape index (κ1) is 13.3. The lowest BCUT2D eigenvalue weighted by atomic mass is 10.2. The molecule has 2 rings (SSSR count). The van der Waals surface area contributed by atoms with Gasteiger partial charge in [-0.2, -0.15) is 4.98 Å². The standard InChI is InChI=1S/C10H14N4O5/c1-6-12-8(13-19-6)4-11-10(17)14-2-3-18-5-7(14)9(15)16/h7H,2-5H2,1H3,(H,11,17)(H,15,16). The number of nitrogens with one attached hydrogen (secondary N) is 1. The summed E-state index contributed by atoms with van der Waals surface area (Å²) in [7, 11) is 0. The monoisotopic (exact) mass is 270 g/mol. The maximum absolute atomic E-state index is 11.9. The maximum atomic E-state index is 11.9. The number of rotatable bonds is 3. The van der Waals surface area contributed by atoms with Gasteiger partial charge in [-0.15, -0.1) is 0 Å². The summed E-state index contributed by atoms with van der Waals surface area (Å²) >= 11 is 0. The molecule has 0 aliphatic carbocycles. The number of carboxylic acid groups (broad SMARTS) is 1. The highest BCUT2D eigenvalue weighted by Gasteiger charge is 2.32. The molecule has 1 aromatic rings. The third-order valence-electron chi connectivity index (χ3n) is 2.64. The lowest BCUT2D eigenvalue weighted by molar-refractivity contribution is -0.147. The van der Waals surface area contributed by atoms with Crippen LogP contribution in [0.3, 0.4) is 0 Å². The third kappa shape index (κ3) is 3.19. The van der Waals surface area contributed by atoms with E-state index in [4.69, 9.17) is 14.4 Å². The largest absolute Gasteiger partial charge is 0.480 e. The van der Waals surface area contributed by atoms with E-state index >= 15 is 0 Å². The van der Waals surface area contributed by atoms with Gasteiger partial charge < -0.3 is 24.6 Å². The molecule has 2 N–H and O–H groups in total.